The van der Waals surface area contributed by atoms with Gasteiger partial charge in [0.15, 0.2) is 0 Å². The fraction of sp³-hybridized carbons (Fsp3) is 0.389. The van der Waals surface area contributed by atoms with Crippen LogP contribution in [-0.4, -0.2) is 42.8 Å². The average molecular weight is 344 g/mol. The smallest absolute Gasteiger partial charge is 0.250 e. The number of rotatable bonds is 9. The van der Waals surface area contributed by atoms with Crippen LogP contribution in [0, 0.1) is 6.92 Å². The standard InChI is InChI=1S/C18H24N4O3/c1-4-14-5-6-15(21-17-9-13(2)19-12-20-17)10-16(14)22-18(23)11-25-8-7-24-3/h5-6,9-10,12H,4,7-8,11H2,1-3H3,(H,22,23)(H,19,20,21). The van der Waals surface area contributed by atoms with Crippen LogP contribution in [-0.2, 0) is 20.7 Å². The molecule has 0 radical (unpaired) electrons. The highest BCUT2D eigenvalue weighted by Gasteiger charge is 2.08. The van der Waals surface area contributed by atoms with Crippen molar-refractivity contribution in [1.82, 2.24) is 9.97 Å². The number of amides is 1. The number of anilines is 3. The first-order chi connectivity index (χ1) is 12.1. The molecule has 7 nitrogen and oxygen atoms in total. The van der Waals surface area contributed by atoms with Gasteiger partial charge in [-0.15, -0.1) is 0 Å². The molecule has 0 aliphatic heterocycles. The second kappa shape index (κ2) is 9.71. The second-order valence-corrected chi connectivity index (χ2v) is 5.49. The second-order valence-electron chi connectivity index (χ2n) is 5.49. The molecule has 2 rings (SSSR count). The molecule has 0 saturated heterocycles. The van der Waals surface area contributed by atoms with Crippen molar-refractivity contribution >= 4 is 23.1 Å². The number of hydrogen-bond donors (Lipinski definition) is 2. The van der Waals surface area contributed by atoms with Crippen molar-refractivity contribution < 1.29 is 14.3 Å². The van der Waals surface area contributed by atoms with Crippen molar-refractivity contribution in [3.8, 4) is 0 Å². The molecule has 1 aromatic heterocycles. The highest BCUT2D eigenvalue weighted by Crippen LogP contribution is 2.24. The molecule has 2 N–H and O–H groups in total. The molecule has 0 bridgehead atoms. The van der Waals surface area contributed by atoms with Crippen LogP contribution < -0.4 is 10.6 Å². The van der Waals surface area contributed by atoms with Crippen molar-refractivity contribution in [3.63, 3.8) is 0 Å². The summed E-state index contributed by atoms with van der Waals surface area (Å²) in [6.07, 6.45) is 2.32. The SMILES string of the molecule is CCc1ccc(Nc2cc(C)ncn2)cc1NC(=O)COCCOC. The predicted octanol–water partition coefficient (Wildman–Crippen LogP) is 2.69. The Morgan fingerprint density at radius 2 is 2.04 bits per heavy atom. The van der Waals surface area contributed by atoms with Crippen LogP contribution in [0.4, 0.5) is 17.2 Å². The molecule has 7 heteroatoms. The van der Waals surface area contributed by atoms with E-state index in [4.69, 9.17) is 9.47 Å². The van der Waals surface area contributed by atoms with E-state index in [2.05, 4.69) is 20.6 Å². The molecule has 0 atom stereocenters. The van der Waals surface area contributed by atoms with Crippen molar-refractivity contribution in [1.29, 1.82) is 0 Å². The van der Waals surface area contributed by atoms with E-state index in [-0.39, 0.29) is 12.5 Å². The third-order valence-corrected chi connectivity index (χ3v) is 3.51. The summed E-state index contributed by atoms with van der Waals surface area (Å²) in [6, 6.07) is 7.69. The van der Waals surface area contributed by atoms with Gasteiger partial charge < -0.3 is 20.1 Å². The van der Waals surface area contributed by atoms with Gasteiger partial charge in [0.1, 0.15) is 18.8 Å². The third kappa shape index (κ3) is 6.13. The summed E-state index contributed by atoms with van der Waals surface area (Å²) in [5.74, 6) is 0.512. The Balaban J connectivity index is 2.04. The first kappa shape index (κ1) is 18.8. The number of carbonyl (C=O) groups is 1. The number of nitrogens with one attached hydrogen (secondary N) is 2. The monoisotopic (exact) mass is 344 g/mol. The van der Waals surface area contributed by atoms with E-state index in [9.17, 15) is 4.79 Å². The summed E-state index contributed by atoms with van der Waals surface area (Å²) < 4.78 is 10.1. The zero-order valence-electron chi connectivity index (χ0n) is 14.8. The minimum Gasteiger partial charge on any atom is -0.382 e. The van der Waals surface area contributed by atoms with Gasteiger partial charge in [0.05, 0.1) is 13.2 Å². The molecule has 25 heavy (non-hydrogen) atoms. The molecule has 0 aliphatic carbocycles. The topological polar surface area (TPSA) is 85.4 Å². The predicted molar refractivity (Wildman–Crippen MR) is 97.2 cm³/mol. The van der Waals surface area contributed by atoms with E-state index in [0.29, 0.717) is 19.0 Å². The average Bonchev–Trinajstić information content (AvgIpc) is 2.59. The van der Waals surface area contributed by atoms with E-state index >= 15 is 0 Å². The van der Waals surface area contributed by atoms with Crippen LogP contribution in [0.25, 0.3) is 0 Å². The molecule has 2 aromatic rings. The quantitative estimate of drug-likeness (QED) is 0.680. The number of ether oxygens (including phenoxy) is 2. The van der Waals surface area contributed by atoms with E-state index in [0.717, 1.165) is 29.1 Å². The van der Waals surface area contributed by atoms with Crippen molar-refractivity contribution in [2.24, 2.45) is 0 Å². The van der Waals surface area contributed by atoms with E-state index in [1.54, 1.807) is 7.11 Å². The van der Waals surface area contributed by atoms with Crippen molar-refractivity contribution in [2.75, 3.05) is 37.6 Å². The van der Waals surface area contributed by atoms with E-state index < -0.39 is 0 Å². The normalized spacial score (nSPS) is 10.5. The van der Waals surface area contributed by atoms with Crippen LogP contribution in [0.3, 0.4) is 0 Å². The Morgan fingerprint density at radius 3 is 2.76 bits per heavy atom. The molecule has 134 valence electrons. The van der Waals surface area contributed by atoms with Crippen LogP contribution >= 0.6 is 0 Å². The molecular weight excluding hydrogens is 320 g/mol. The maximum absolute atomic E-state index is 12.0. The minimum absolute atomic E-state index is 0.00469. The third-order valence-electron chi connectivity index (χ3n) is 3.51. The Bertz CT molecular complexity index is 706. The van der Waals surface area contributed by atoms with Gasteiger partial charge in [-0.3, -0.25) is 4.79 Å². The molecule has 0 unspecified atom stereocenters. The molecule has 0 saturated carbocycles. The highest BCUT2D eigenvalue weighted by molar-refractivity contribution is 5.93. The summed E-state index contributed by atoms with van der Waals surface area (Å²) in [4.78, 5) is 20.3. The molecule has 0 spiro atoms. The summed E-state index contributed by atoms with van der Waals surface area (Å²) in [6.45, 7) is 4.79. The Labute approximate surface area is 147 Å². The lowest BCUT2D eigenvalue weighted by atomic mass is 10.1. The number of benzene rings is 1. The fourth-order valence-electron chi connectivity index (χ4n) is 2.24. The molecule has 0 fully saturated rings. The van der Waals surface area contributed by atoms with Crippen LogP contribution in [0.5, 0.6) is 0 Å². The fourth-order valence-corrected chi connectivity index (χ4v) is 2.24. The maximum atomic E-state index is 12.0. The van der Waals surface area contributed by atoms with Gasteiger partial charge in [-0.25, -0.2) is 9.97 Å². The summed E-state index contributed by atoms with van der Waals surface area (Å²) in [5, 5.41) is 6.12. The molecular formula is C18H24N4O3. The summed E-state index contributed by atoms with van der Waals surface area (Å²) >= 11 is 0. The molecule has 1 amide bonds. The number of nitrogens with zero attached hydrogens (tertiary/aromatic N) is 2. The lowest BCUT2D eigenvalue weighted by Crippen LogP contribution is -2.20. The lowest BCUT2D eigenvalue weighted by Gasteiger charge is -2.13. The number of aryl methyl sites for hydroxylation is 2. The molecule has 1 heterocycles. The molecule has 0 aliphatic rings. The lowest BCUT2D eigenvalue weighted by molar-refractivity contribution is -0.121. The first-order valence-corrected chi connectivity index (χ1v) is 8.17. The Hall–Kier alpha value is -2.51. The zero-order valence-corrected chi connectivity index (χ0v) is 14.8. The Morgan fingerprint density at radius 1 is 1.20 bits per heavy atom. The van der Waals surface area contributed by atoms with Gasteiger partial charge in [0.25, 0.3) is 0 Å². The summed E-state index contributed by atoms with van der Waals surface area (Å²) in [5.41, 5.74) is 3.53. The Kier molecular flexibility index (Phi) is 7.31. The minimum atomic E-state index is -0.194. The van der Waals surface area contributed by atoms with Crippen molar-refractivity contribution in [3.05, 3.63) is 41.9 Å². The van der Waals surface area contributed by atoms with Crippen molar-refractivity contribution in [2.45, 2.75) is 20.3 Å². The maximum Gasteiger partial charge on any atom is 0.250 e. The summed E-state index contributed by atoms with van der Waals surface area (Å²) in [7, 11) is 1.59. The van der Waals surface area contributed by atoms with Gasteiger partial charge in [0.2, 0.25) is 5.91 Å². The molecule has 1 aromatic carbocycles. The van der Waals surface area contributed by atoms with Gasteiger partial charge in [0, 0.05) is 30.2 Å². The number of methoxy groups -OCH3 is 1. The first-order valence-electron chi connectivity index (χ1n) is 8.17. The number of carbonyl (C=O) groups excluding carboxylic acids is 1. The van der Waals surface area contributed by atoms with Crippen LogP contribution in [0.2, 0.25) is 0 Å². The van der Waals surface area contributed by atoms with E-state index in [1.807, 2.05) is 38.1 Å². The zero-order chi connectivity index (χ0) is 18.1. The van der Waals surface area contributed by atoms with Gasteiger partial charge in [-0.1, -0.05) is 13.0 Å². The van der Waals surface area contributed by atoms with Gasteiger partial charge in [-0.05, 0) is 31.0 Å². The number of hydrogen-bond acceptors (Lipinski definition) is 6. The van der Waals surface area contributed by atoms with Crippen LogP contribution in [0.1, 0.15) is 18.2 Å². The van der Waals surface area contributed by atoms with Crippen LogP contribution in [0.15, 0.2) is 30.6 Å². The van der Waals surface area contributed by atoms with E-state index in [1.165, 1.54) is 6.33 Å². The van der Waals surface area contributed by atoms with Gasteiger partial charge in [-0.2, -0.15) is 0 Å². The highest BCUT2D eigenvalue weighted by atomic mass is 16.5. The largest absolute Gasteiger partial charge is 0.382 e. The number of aromatic nitrogens is 2. The van der Waals surface area contributed by atoms with Gasteiger partial charge >= 0.3 is 0 Å².